The Kier molecular flexibility index (Phi) is 5.71. The number of nitrogens with one attached hydrogen (secondary N) is 2. The molecule has 0 saturated heterocycles. The first-order valence-electron chi connectivity index (χ1n) is 9.32. The smallest absolute Gasteiger partial charge is 0.287 e. The van der Waals surface area contributed by atoms with Gasteiger partial charge < -0.3 is 15.2 Å². The third-order valence-electron chi connectivity index (χ3n) is 4.77. The minimum Gasteiger partial charge on any atom is -0.349 e. The topological polar surface area (TPSA) is 76.0 Å². The average Bonchev–Trinajstić information content (AvgIpc) is 3.05. The van der Waals surface area contributed by atoms with Gasteiger partial charge >= 0.3 is 0 Å². The lowest BCUT2D eigenvalue weighted by atomic mass is 10.1. The van der Waals surface area contributed by atoms with Gasteiger partial charge in [-0.3, -0.25) is 9.59 Å². The van der Waals surface area contributed by atoms with Crippen LogP contribution < -0.4 is 10.6 Å². The summed E-state index contributed by atoms with van der Waals surface area (Å²) in [5, 5.41) is 5.82. The number of imidazole rings is 1. The van der Waals surface area contributed by atoms with Crippen LogP contribution in [0.1, 0.15) is 64.1 Å². The molecule has 1 aromatic carbocycles. The van der Waals surface area contributed by atoms with Crippen molar-refractivity contribution in [3.8, 4) is 0 Å². The molecule has 2 N–H and O–H groups in total. The van der Waals surface area contributed by atoms with Gasteiger partial charge in [-0.2, -0.15) is 0 Å². The Morgan fingerprint density at radius 2 is 1.96 bits per heavy atom. The maximum atomic E-state index is 12.7. The lowest BCUT2D eigenvalue weighted by molar-refractivity contribution is 0.0937. The molecule has 0 unspecified atom stereocenters. The summed E-state index contributed by atoms with van der Waals surface area (Å²) in [7, 11) is 0. The van der Waals surface area contributed by atoms with Gasteiger partial charge in [0, 0.05) is 19.6 Å². The average molecular weight is 354 g/mol. The first kappa shape index (κ1) is 18.2. The van der Waals surface area contributed by atoms with Gasteiger partial charge in [-0.15, -0.1) is 0 Å². The maximum Gasteiger partial charge on any atom is 0.287 e. The summed E-state index contributed by atoms with van der Waals surface area (Å²) in [5.41, 5.74) is 3.48. The van der Waals surface area contributed by atoms with E-state index in [0.717, 1.165) is 49.0 Å². The molecule has 26 heavy (non-hydrogen) atoms. The number of hydrogen-bond donors (Lipinski definition) is 2. The van der Waals surface area contributed by atoms with Gasteiger partial charge in [0.2, 0.25) is 0 Å². The van der Waals surface area contributed by atoms with E-state index < -0.39 is 0 Å². The third kappa shape index (κ3) is 3.79. The first-order chi connectivity index (χ1) is 12.6. The monoisotopic (exact) mass is 354 g/mol. The van der Waals surface area contributed by atoms with Crippen molar-refractivity contribution in [2.45, 2.75) is 52.6 Å². The Labute approximate surface area is 154 Å². The van der Waals surface area contributed by atoms with Crippen molar-refractivity contribution >= 4 is 11.8 Å². The molecule has 1 aromatic heterocycles. The summed E-state index contributed by atoms with van der Waals surface area (Å²) in [6, 6.07) is 7.97. The van der Waals surface area contributed by atoms with Crippen LogP contribution in [-0.4, -0.2) is 27.9 Å². The van der Waals surface area contributed by atoms with Crippen LogP contribution in [-0.2, 0) is 19.5 Å². The standard InChI is InChI=1S/C20H26N4O2/c1-3-11-21-20(26)18-23-17(16-10-6-7-12-24(16)18)19(25)22-13-15-9-5-4-8-14(15)2/h4-5,8-9H,3,6-7,10-13H2,1-2H3,(H,21,26)(H,22,25). The Morgan fingerprint density at radius 1 is 1.15 bits per heavy atom. The molecule has 0 atom stereocenters. The van der Waals surface area contributed by atoms with Crippen molar-refractivity contribution in [3.63, 3.8) is 0 Å². The zero-order chi connectivity index (χ0) is 18.5. The molecule has 1 aliphatic heterocycles. The van der Waals surface area contributed by atoms with E-state index >= 15 is 0 Å². The molecule has 0 bridgehead atoms. The lowest BCUT2D eigenvalue weighted by Gasteiger charge is -2.17. The summed E-state index contributed by atoms with van der Waals surface area (Å²) in [6.07, 6.45) is 3.66. The fourth-order valence-corrected chi connectivity index (χ4v) is 3.28. The molecular formula is C20H26N4O2. The molecule has 3 rings (SSSR count). The molecule has 0 spiro atoms. The predicted octanol–water partition coefficient (Wildman–Crippen LogP) is 2.60. The molecule has 0 aliphatic carbocycles. The van der Waals surface area contributed by atoms with E-state index in [2.05, 4.69) is 15.6 Å². The Bertz CT molecular complexity index is 810. The lowest BCUT2D eigenvalue weighted by Crippen LogP contribution is -2.28. The van der Waals surface area contributed by atoms with Crippen LogP contribution in [0.4, 0.5) is 0 Å². The Morgan fingerprint density at radius 3 is 2.73 bits per heavy atom. The number of rotatable bonds is 6. The molecule has 0 fully saturated rings. The number of nitrogens with zero attached hydrogens (tertiary/aromatic N) is 2. The largest absolute Gasteiger partial charge is 0.349 e. The van der Waals surface area contributed by atoms with Crippen LogP contribution in [0.5, 0.6) is 0 Å². The van der Waals surface area contributed by atoms with Crippen molar-refractivity contribution < 1.29 is 9.59 Å². The summed E-state index contributed by atoms with van der Waals surface area (Å²) in [5.74, 6) is -0.0596. The molecule has 0 radical (unpaired) electrons. The maximum absolute atomic E-state index is 12.7. The highest BCUT2D eigenvalue weighted by Crippen LogP contribution is 2.21. The van der Waals surface area contributed by atoms with Crippen LogP contribution in [0, 0.1) is 6.92 Å². The third-order valence-corrected chi connectivity index (χ3v) is 4.77. The van der Waals surface area contributed by atoms with Crippen LogP contribution >= 0.6 is 0 Å². The fraction of sp³-hybridized carbons (Fsp3) is 0.450. The number of amides is 2. The zero-order valence-corrected chi connectivity index (χ0v) is 15.5. The second-order valence-electron chi connectivity index (χ2n) is 6.70. The minimum atomic E-state index is -0.214. The van der Waals surface area contributed by atoms with Gasteiger partial charge in [-0.1, -0.05) is 31.2 Å². The van der Waals surface area contributed by atoms with Crippen molar-refractivity contribution in [2.75, 3.05) is 6.54 Å². The quantitative estimate of drug-likeness (QED) is 0.837. The van der Waals surface area contributed by atoms with E-state index in [4.69, 9.17) is 0 Å². The molecule has 6 heteroatoms. The van der Waals surface area contributed by atoms with E-state index in [-0.39, 0.29) is 11.8 Å². The summed E-state index contributed by atoms with van der Waals surface area (Å²) >= 11 is 0. The van der Waals surface area contributed by atoms with Crippen molar-refractivity contribution in [1.29, 1.82) is 0 Å². The van der Waals surface area contributed by atoms with Crippen LogP contribution in [0.3, 0.4) is 0 Å². The summed E-state index contributed by atoms with van der Waals surface area (Å²) in [4.78, 5) is 29.6. The number of carbonyl (C=O) groups excluding carboxylic acids is 2. The molecule has 2 amide bonds. The number of fused-ring (bicyclic) bond motifs is 1. The molecular weight excluding hydrogens is 328 g/mol. The van der Waals surface area contributed by atoms with Gasteiger partial charge in [-0.25, -0.2) is 4.98 Å². The second kappa shape index (κ2) is 8.17. The Balaban J connectivity index is 1.80. The summed E-state index contributed by atoms with van der Waals surface area (Å²) in [6.45, 7) is 5.83. The van der Waals surface area contributed by atoms with Gasteiger partial charge in [-0.05, 0) is 43.7 Å². The number of hydrogen-bond acceptors (Lipinski definition) is 3. The van der Waals surface area contributed by atoms with E-state index in [9.17, 15) is 9.59 Å². The molecule has 1 aliphatic rings. The van der Waals surface area contributed by atoms with E-state index in [1.807, 2.05) is 42.7 Å². The molecule has 2 heterocycles. The molecule has 138 valence electrons. The number of aryl methyl sites for hydroxylation is 1. The van der Waals surface area contributed by atoms with E-state index in [1.54, 1.807) is 0 Å². The highest BCUT2D eigenvalue weighted by molar-refractivity contribution is 5.97. The van der Waals surface area contributed by atoms with Crippen molar-refractivity contribution in [3.05, 3.63) is 52.6 Å². The van der Waals surface area contributed by atoms with Crippen molar-refractivity contribution in [1.82, 2.24) is 20.2 Å². The number of benzene rings is 1. The SMILES string of the molecule is CCCNC(=O)c1nc(C(=O)NCc2ccccc2C)c2n1CCCC2. The van der Waals surface area contributed by atoms with Crippen molar-refractivity contribution in [2.24, 2.45) is 0 Å². The normalized spacial score (nSPS) is 13.2. The Hall–Kier alpha value is -2.63. The van der Waals surface area contributed by atoms with Crippen LogP contribution in [0.25, 0.3) is 0 Å². The highest BCUT2D eigenvalue weighted by atomic mass is 16.2. The van der Waals surface area contributed by atoms with Gasteiger partial charge in [0.15, 0.2) is 5.82 Å². The van der Waals surface area contributed by atoms with E-state index in [1.165, 1.54) is 0 Å². The predicted molar refractivity (Wildman–Crippen MR) is 100 cm³/mol. The van der Waals surface area contributed by atoms with Gasteiger partial charge in [0.05, 0.1) is 5.69 Å². The molecule has 0 saturated carbocycles. The van der Waals surface area contributed by atoms with Gasteiger partial charge in [0.25, 0.3) is 11.8 Å². The van der Waals surface area contributed by atoms with E-state index in [0.29, 0.717) is 24.6 Å². The van der Waals surface area contributed by atoms with Gasteiger partial charge in [0.1, 0.15) is 5.69 Å². The molecule has 6 nitrogen and oxygen atoms in total. The van der Waals surface area contributed by atoms with Crippen LogP contribution in [0.15, 0.2) is 24.3 Å². The first-order valence-corrected chi connectivity index (χ1v) is 9.32. The zero-order valence-electron chi connectivity index (χ0n) is 15.5. The number of aromatic nitrogens is 2. The van der Waals surface area contributed by atoms with Crippen LogP contribution in [0.2, 0.25) is 0 Å². The summed E-state index contributed by atoms with van der Waals surface area (Å²) < 4.78 is 1.91. The highest BCUT2D eigenvalue weighted by Gasteiger charge is 2.27. The second-order valence-corrected chi connectivity index (χ2v) is 6.70. The number of carbonyl (C=O) groups is 2. The fourth-order valence-electron chi connectivity index (χ4n) is 3.28. The molecule has 2 aromatic rings. The minimum absolute atomic E-state index is 0.201.